The van der Waals surface area contributed by atoms with Gasteiger partial charge in [-0.15, -0.1) is 0 Å². The summed E-state index contributed by atoms with van der Waals surface area (Å²) in [5, 5.41) is 0.628. The molecule has 0 amide bonds. The maximum atomic E-state index is 12.8. The molecule has 0 bridgehead atoms. The summed E-state index contributed by atoms with van der Waals surface area (Å²) in [5.74, 6) is 0.206. The number of nitrogen functional groups attached to an aromatic ring is 1. The van der Waals surface area contributed by atoms with Crippen LogP contribution in [0.1, 0.15) is 11.1 Å². The van der Waals surface area contributed by atoms with Crippen molar-refractivity contribution in [2.24, 2.45) is 0 Å². The van der Waals surface area contributed by atoms with Crippen LogP contribution in [0.25, 0.3) is 16.6 Å². The van der Waals surface area contributed by atoms with E-state index >= 15 is 0 Å². The summed E-state index contributed by atoms with van der Waals surface area (Å²) in [5.41, 5.74) is 9.22. The standard InChI is InChI=1S/C16H15N3O/c1-10-8-9-13-14(11(10)2)15(20)19(16(17)18-13)12-6-4-3-5-7-12/h3-9H,1-2H3,(H2,17,18). The molecule has 2 aromatic carbocycles. The van der Waals surface area contributed by atoms with Gasteiger partial charge in [-0.25, -0.2) is 9.55 Å². The van der Waals surface area contributed by atoms with Gasteiger partial charge in [-0.1, -0.05) is 24.3 Å². The Hall–Kier alpha value is -2.62. The van der Waals surface area contributed by atoms with Crippen molar-refractivity contribution < 1.29 is 0 Å². The first-order valence-corrected chi connectivity index (χ1v) is 6.43. The lowest BCUT2D eigenvalue weighted by Gasteiger charge is -2.12. The van der Waals surface area contributed by atoms with Crippen LogP contribution in [0.4, 0.5) is 5.95 Å². The number of aromatic nitrogens is 2. The van der Waals surface area contributed by atoms with Crippen molar-refractivity contribution in [3.8, 4) is 5.69 Å². The first-order valence-electron chi connectivity index (χ1n) is 6.43. The molecule has 0 radical (unpaired) electrons. The lowest BCUT2D eigenvalue weighted by molar-refractivity contribution is 0.980. The van der Waals surface area contributed by atoms with Crippen LogP contribution in [-0.4, -0.2) is 9.55 Å². The molecule has 0 unspecified atom stereocenters. The lowest BCUT2D eigenvalue weighted by atomic mass is 10.1. The molecule has 3 rings (SSSR count). The maximum absolute atomic E-state index is 12.8. The topological polar surface area (TPSA) is 60.9 Å². The van der Waals surface area contributed by atoms with Gasteiger partial charge in [0.2, 0.25) is 5.95 Å². The van der Waals surface area contributed by atoms with Crippen LogP contribution in [0.15, 0.2) is 47.3 Å². The van der Waals surface area contributed by atoms with Crippen LogP contribution in [0.3, 0.4) is 0 Å². The van der Waals surface area contributed by atoms with Crippen LogP contribution < -0.4 is 11.3 Å². The fraction of sp³-hybridized carbons (Fsp3) is 0.125. The van der Waals surface area contributed by atoms with E-state index in [1.165, 1.54) is 4.57 Å². The van der Waals surface area contributed by atoms with Crippen molar-refractivity contribution in [1.29, 1.82) is 0 Å². The van der Waals surface area contributed by atoms with Crippen molar-refractivity contribution in [1.82, 2.24) is 9.55 Å². The SMILES string of the molecule is Cc1ccc2nc(N)n(-c3ccccc3)c(=O)c2c1C. The number of aryl methyl sites for hydroxylation is 2. The molecule has 0 fully saturated rings. The lowest BCUT2D eigenvalue weighted by Crippen LogP contribution is -2.23. The van der Waals surface area contributed by atoms with Gasteiger partial charge in [0.15, 0.2) is 0 Å². The normalized spacial score (nSPS) is 10.9. The fourth-order valence-corrected chi connectivity index (χ4v) is 2.38. The third-order valence-corrected chi connectivity index (χ3v) is 3.61. The van der Waals surface area contributed by atoms with E-state index in [1.54, 1.807) is 0 Å². The second kappa shape index (κ2) is 4.49. The molecule has 0 atom stereocenters. The molecular formula is C16H15N3O. The smallest absolute Gasteiger partial charge is 0.267 e. The summed E-state index contributed by atoms with van der Waals surface area (Å²) in [7, 11) is 0. The van der Waals surface area contributed by atoms with Gasteiger partial charge in [0, 0.05) is 0 Å². The van der Waals surface area contributed by atoms with E-state index in [0.29, 0.717) is 10.9 Å². The number of rotatable bonds is 1. The summed E-state index contributed by atoms with van der Waals surface area (Å²) in [6.07, 6.45) is 0. The van der Waals surface area contributed by atoms with E-state index in [2.05, 4.69) is 4.98 Å². The molecular weight excluding hydrogens is 250 g/mol. The Morgan fingerprint density at radius 1 is 1.05 bits per heavy atom. The maximum Gasteiger partial charge on any atom is 0.267 e. The molecule has 100 valence electrons. The summed E-state index contributed by atoms with van der Waals surface area (Å²) in [6.45, 7) is 3.92. The van der Waals surface area contributed by atoms with Crippen LogP contribution >= 0.6 is 0 Å². The molecule has 0 spiro atoms. The van der Waals surface area contributed by atoms with Gasteiger partial charge in [-0.2, -0.15) is 0 Å². The zero-order valence-corrected chi connectivity index (χ0v) is 11.4. The number of nitrogens with two attached hydrogens (primary N) is 1. The Morgan fingerprint density at radius 2 is 1.75 bits per heavy atom. The molecule has 3 aromatic rings. The van der Waals surface area contributed by atoms with E-state index in [0.717, 1.165) is 16.8 Å². The number of nitrogens with zero attached hydrogens (tertiary/aromatic N) is 2. The highest BCUT2D eigenvalue weighted by Gasteiger charge is 2.12. The van der Waals surface area contributed by atoms with Gasteiger partial charge in [0.25, 0.3) is 5.56 Å². The molecule has 1 aromatic heterocycles. The number of hydrogen-bond acceptors (Lipinski definition) is 3. The Kier molecular flexibility index (Phi) is 2.79. The number of anilines is 1. The van der Waals surface area contributed by atoms with E-state index in [1.807, 2.05) is 56.3 Å². The highest BCUT2D eigenvalue weighted by atomic mass is 16.1. The number of benzene rings is 2. The minimum absolute atomic E-state index is 0.125. The van der Waals surface area contributed by atoms with Crippen LogP contribution in [-0.2, 0) is 0 Å². The Labute approximate surface area is 116 Å². The summed E-state index contributed by atoms with van der Waals surface area (Å²) in [6, 6.07) is 13.1. The van der Waals surface area contributed by atoms with Gasteiger partial charge in [-0.3, -0.25) is 4.79 Å². The summed E-state index contributed by atoms with van der Waals surface area (Å²) < 4.78 is 1.45. The third kappa shape index (κ3) is 1.77. The highest BCUT2D eigenvalue weighted by Crippen LogP contribution is 2.19. The molecule has 1 heterocycles. The molecule has 4 nitrogen and oxygen atoms in total. The van der Waals surface area contributed by atoms with Gasteiger partial charge in [-0.05, 0) is 43.2 Å². The minimum Gasteiger partial charge on any atom is -0.369 e. The number of fused-ring (bicyclic) bond motifs is 1. The molecule has 0 saturated carbocycles. The molecule has 4 heteroatoms. The van der Waals surface area contributed by atoms with Crippen LogP contribution in [0, 0.1) is 13.8 Å². The van der Waals surface area contributed by atoms with Gasteiger partial charge in [0.1, 0.15) is 0 Å². The summed E-state index contributed by atoms with van der Waals surface area (Å²) >= 11 is 0. The van der Waals surface area contributed by atoms with Crippen molar-refractivity contribution >= 4 is 16.9 Å². The third-order valence-electron chi connectivity index (χ3n) is 3.61. The van der Waals surface area contributed by atoms with Gasteiger partial charge < -0.3 is 5.73 Å². The largest absolute Gasteiger partial charge is 0.369 e. The van der Waals surface area contributed by atoms with E-state index < -0.39 is 0 Å². The summed E-state index contributed by atoms with van der Waals surface area (Å²) in [4.78, 5) is 17.1. The first kappa shape index (κ1) is 12.4. The second-order valence-electron chi connectivity index (χ2n) is 4.85. The number of hydrogen-bond donors (Lipinski definition) is 1. The fourth-order valence-electron chi connectivity index (χ4n) is 2.38. The van der Waals surface area contributed by atoms with Crippen molar-refractivity contribution in [3.63, 3.8) is 0 Å². The molecule has 0 aliphatic carbocycles. The molecule has 0 aliphatic rings. The predicted molar refractivity (Wildman–Crippen MR) is 81.2 cm³/mol. The Balaban J connectivity index is 2.46. The number of para-hydroxylation sites is 1. The second-order valence-corrected chi connectivity index (χ2v) is 4.85. The molecule has 0 aliphatic heterocycles. The van der Waals surface area contributed by atoms with E-state index in [9.17, 15) is 4.79 Å². The molecule has 2 N–H and O–H groups in total. The molecule has 20 heavy (non-hydrogen) atoms. The quantitative estimate of drug-likeness (QED) is 0.735. The zero-order valence-electron chi connectivity index (χ0n) is 11.4. The van der Waals surface area contributed by atoms with Crippen molar-refractivity contribution in [3.05, 3.63) is 63.9 Å². The van der Waals surface area contributed by atoms with Crippen molar-refractivity contribution in [2.45, 2.75) is 13.8 Å². The van der Waals surface area contributed by atoms with E-state index in [4.69, 9.17) is 5.73 Å². The van der Waals surface area contributed by atoms with Crippen LogP contribution in [0.5, 0.6) is 0 Å². The molecule has 0 saturated heterocycles. The van der Waals surface area contributed by atoms with E-state index in [-0.39, 0.29) is 11.5 Å². The highest BCUT2D eigenvalue weighted by molar-refractivity contribution is 5.83. The zero-order chi connectivity index (χ0) is 14.3. The monoisotopic (exact) mass is 265 g/mol. The van der Waals surface area contributed by atoms with Gasteiger partial charge >= 0.3 is 0 Å². The average Bonchev–Trinajstić information content (AvgIpc) is 2.44. The minimum atomic E-state index is -0.125. The van der Waals surface area contributed by atoms with Crippen molar-refractivity contribution in [2.75, 3.05) is 5.73 Å². The first-order chi connectivity index (χ1) is 9.59. The predicted octanol–water partition coefficient (Wildman–Crippen LogP) is 2.58. The van der Waals surface area contributed by atoms with Crippen LogP contribution in [0.2, 0.25) is 0 Å². The van der Waals surface area contributed by atoms with Gasteiger partial charge in [0.05, 0.1) is 16.6 Å². The average molecular weight is 265 g/mol. The Morgan fingerprint density at radius 3 is 2.45 bits per heavy atom. The Bertz CT molecular complexity index is 851.